The molecule has 1 heterocycles. The monoisotopic (exact) mass is 329 g/mol. The smallest absolute Gasteiger partial charge is 0.0973 e. The fraction of sp³-hybridized carbons (Fsp3) is 0.130. The fourth-order valence-electron chi connectivity index (χ4n) is 2.90. The summed E-state index contributed by atoms with van der Waals surface area (Å²) in [6.07, 6.45) is 0. The molecule has 0 unspecified atom stereocenters. The number of aromatic nitrogens is 2. The second-order valence-electron chi connectivity index (χ2n) is 6.16. The van der Waals surface area contributed by atoms with Crippen LogP contribution in [0.4, 0.5) is 0 Å². The zero-order valence-electron chi connectivity index (χ0n) is 19.1. The van der Waals surface area contributed by atoms with Crippen LogP contribution in [0.1, 0.15) is 32.2 Å². The molecule has 1 aromatic heterocycles. The molecule has 25 heavy (non-hydrogen) atoms. The molecule has 0 radical (unpaired) electrons. The number of para-hydroxylation sites is 1. The number of fused-ring (bicyclic) bond motifs is 1. The van der Waals surface area contributed by atoms with Crippen LogP contribution >= 0.6 is 0 Å². The van der Waals surface area contributed by atoms with Crippen molar-refractivity contribution in [3.63, 3.8) is 0 Å². The van der Waals surface area contributed by atoms with Gasteiger partial charge < -0.3 is 0 Å². The predicted molar refractivity (Wildman–Crippen MR) is 104 cm³/mol. The molecule has 0 aliphatic rings. The van der Waals surface area contributed by atoms with Crippen LogP contribution in [0.2, 0.25) is 0 Å². The molecule has 122 valence electrons. The highest BCUT2D eigenvalue weighted by atomic mass is 14.8. The van der Waals surface area contributed by atoms with Gasteiger partial charge in [0.1, 0.15) is 0 Å². The number of hydrogen-bond acceptors (Lipinski definition) is 2. The predicted octanol–water partition coefficient (Wildman–Crippen LogP) is 6.09. The molecule has 0 aliphatic heterocycles. The van der Waals surface area contributed by atoms with Crippen molar-refractivity contribution in [2.45, 2.75) is 19.8 Å². The van der Waals surface area contributed by atoms with E-state index in [4.69, 9.17) is 16.8 Å². The molecule has 4 rings (SSSR count). The Morgan fingerprint density at radius 1 is 0.760 bits per heavy atom. The van der Waals surface area contributed by atoms with Gasteiger partial charge in [-0.15, -0.1) is 0 Å². The molecule has 3 aromatic carbocycles. The van der Waals surface area contributed by atoms with E-state index in [-0.39, 0.29) is 41.3 Å². The lowest BCUT2D eigenvalue weighted by Crippen LogP contribution is -1.99. The summed E-state index contributed by atoms with van der Waals surface area (Å²) < 4.78 is 40.8. The molecule has 0 atom stereocenters. The van der Waals surface area contributed by atoms with E-state index >= 15 is 0 Å². The molecule has 0 saturated heterocycles. The summed E-state index contributed by atoms with van der Waals surface area (Å²) in [5, 5.41) is 0. The number of hydrogen-bond donors (Lipinski definition) is 0. The van der Waals surface area contributed by atoms with Crippen molar-refractivity contribution in [2.75, 3.05) is 0 Å². The maximum absolute atomic E-state index is 8.41. The Kier molecular flexibility index (Phi) is 2.79. The first kappa shape index (κ1) is 10.8. The van der Waals surface area contributed by atoms with Gasteiger partial charge in [-0.25, -0.2) is 9.97 Å². The summed E-state index contributed by atoms with van der Waals surface area (Å²) in [5.41, 5.74) is 4.03. The van der Waals surface area contributed by atoms with Crippen molar-refractivity contribution in [1.29, 1.82) is 0 Å². The van der Waals surface area contributed by atoms with E-state index in [1.54, 1.807) is 0 Å². The Labute approximate surface area is 155 Å². The Balaban J connectivity index is 2.16. The van der Waals surface area contributed by atoms with Crippen LogP contribution < -0.4 is 0 Å². The van der Waals surface area contributed by atoms with Gasteiger partial charge in [0, 0.05) is 11.1 Å². The second-order valence-corrected chi connectivity index (χ2v) is 6.16. The van der Waals surface area contributed by atoms with Gasteiger partial charge in [0.2, 0.25) is 0 Å². The minimum atomic E-state index is -0.425. The molecular weight excluding hydrogens is 304 g/mol. The molecule has 0 saturated carbocycles. The summed E-state index contributed by atoms with van der Waals surface area (Å²) in [6, 6.07) is 13.4. The molecule has 0 N–H and O–H groups in total. The highest BCUT2D eigenvalue weighted by Gasteiger charge is 2.15. The summed E-state index contributed by atoms with van der Waals surface area (Å²) in [5.74, 6) is 0.234. The quantitative estimate of drug-likeness (QED) is 0.455. The molecule has 2 nitrogen and oxygen atoms in total. The van der Waals surface area contributed by atoms with Gasteiger partial charge in [0.05, 0.1) is 29.3 Å². The maximum atomic E-state index is 8.41. The number of rotatable bonds is 3. The maximum Gasteiger partial charge on any atom is 0.0973 e. The van der Waals surface area contributed by atoms with E-state index in [9.17, 15) is 0 Å². The molecule has 0 bridgehead atoms. The molecular formula is C23H20N2. The highest BCUT2D eigenvalue weighted by Crippen LogP contribution is 2.32. The highest BCUT2D eigenvalue weighted by molar-refractivity contribution is 5.87. The fourth-order valence-corrected chi connectivity index (χ4v) is 2.90. The van der Waals surface area contributed by atoms with Crippen molar-refractivity contribution in [2.24, 2.45) is 0 Å². The lowest BCUT2D eigenvalue weighted by Gasteiger charge is -2.14. The van der Waals surface area contributed by atoms with E-state index in [2.05, 4.69) is 13.8 Å². The van der Waals surface area contributed by atoms with Crippen molar-refractivity contribution < 1.29 is 6.85 Å². The Morgan fingerprint density at radius 2 is 1.48 bits per heavy atom. The second kappa shape index (κ2) is 6.48. The van der Waals surface area contributed by atoms with Crippen molar-refractivity contribution in [3.05, 3.63) is 84.3 Å². The van der Waals surface area contributed by atoms with Crippen LogP contribution in [0.15, 0.2) is 78.7 Å². The lowest BCUT2D eigenvalue weighted by atomic mass is 9.99. The first-order valence-electron chi connectivity index (χ1n) is 10.7. The zero-order valence-corrected chi connectivity index (χ0v) is 14.1. The molecule has 0 fully saturated rings. The first-order chi connectivity index (χ1) is 14.3. The largest absolute Gasteiger partial charge is 0.244 e. The first-order valence-corrected chi connectivity index (χ1v) is 8.24. The van der Waals surface area contributed by atoms with Crippen LogP contribution in [-0.4, -0.2) is 9.97 Å². The van der Waals surface area contributed by atoms with Crippen LogP contribution in [0.5, 0.6) is 0 Å². The summed E-state index contributed by atoms with van der Waals surface area (Å²) in [4.78, 5) is 9.68. The third kappa shape index (κ3) is 2.91. The van der Waals surface area contributed by atoms with E-state index in [1.807, 2.05) is 48.5 Å². The van der Waals surface area contributed by atoms with Crippen LogP contribution in [0, 0.1) is 0 Å². The molecule has 0 amide bonds. The lowest BCUT2D eigenvalue weighted by molar-refractivity contribution is 0.872. The van der Waals surface area contributed by atoms with Crippen molar-refractivity contribution >= 4 is 11.0 Å². The Morgan fingerprint density at radius 3 is 2.20 bits per heavy atom. The van der Waals surface area contributed by atoms with Crippen LogP contribution in [-0.2, 0) is 0 Å². The topological polar surface area (TPSA) is 25.8 Å². The minimum Gasteiger partial charge on any atom is -0.244 e. The van der Waals surface area contributed by atoms with E-state index in [1.165, 1.54) is 0 Å². The SMILES string of the molecule is [2H]c1c([2H])c([2H])c(-c2nc3cccc(C(C)C)c3nc2-c2ccccc2)c([2H])c1[2H]. The van der Waals surface area contributed by atoms with Gasteiger partial charge in [0.25, 0.3) is 0 Å². The van der Waals surface area contributed by atoms with Gasteiger partial charge in [-0.05, 0) is 17.5 Å². The van der Waals surface area contributed by atoms with E-state index < -0.39 is 6.04 Å². The van der Waals surface area contributed by atoms with Crippen LogP contribution in [0.3, 0.4) is 0 Å². The summed E-state index contributed by atoms with van der Waals surface area (Å²) in [6.45, 7) is 4.17. The van der Waals surface area contributed by atoms with Crippen LogP contribution in [0.25, 0.3) is 33.5 Å². The standard InChI is InChI=1S/C23H20N2/c1-16(2)19-14-9-15-20-23(19)25-22(18-12-7-4-8-13-18)21(24-20)17-10-5-3-6-11-17/h3-16H,1-2H3/i3D,5D,6D,10D,11D. The normalized spacial score (nSPS) is 14.0. The molecule has 0 spiro atoms. The van der Waals surface area contributed by atoms with Gasteiger partial charge in [-0.2, -0.15) is 0 Å². The molecule has 4 aromatic rings. The molecule has 0 aliphatic carbocycles. The number of nitrogens with zero attached hydrogens (tertiary/aromatic N) is 2. The van der Waals surface area contributed by atoms with Gasteiger partial charge in [-0.1, -0.05) is 86.5 Å². The number of benzene rings is 3. The third-order valence-corrected chi connectivity index (χ3v) is 4.13. The summed E-state index contributed by atoms with van der Waals surface area (Å²) >= 11 is 0. The summed E-state index contributed by atoms with van der Waals surface area (Å²) in [7, 11) is 0. The van der Waals surface area contributed by atoms with Gasteiger partial charge in [0.15, 0.2) is 0 Å². The third-order valence-electron chi connectivity index (χ3n) is 4.13. The average Bonchev–Trinajstić information content (AvgIpc) is 2.76. The van der Waals surface area contributed by atoms with Crippen molar-refractivity contribution in [1.82, 2.24) is 9.97 Å². The Bertz CT molecular complexity index is 1240. The van der Waals surface area contributed by atoms with Gasteiger partial charge >= 0.3 is 0 Å². The Hall–Kier alpha value is -3.00. The van der Waals surface area contributed by atoms with Crippen molar-refractivity contribution in [3.8, 4) is 22.5 Å². The minimum absolute atomic E-state index is 0.0594. The zero-order chi connectivity index (χ0) is 21.6. The van der Waals surface area contributed by atoms with Gasteiger partial charge in [-0.3, -0.25) is 0 Å². The molecule has 2 heteroatoms. The van der Waals surface area contributed by atoms with E-state index in [0.717, 1.165) is 16.6 Å². The average molecular weight is 329 g/mol. The van der Waals surface area contributed by atoms with E-state index in [0.29, 0.717) is 11.2 Å².